The van der Waals surface area contributed by atoms with Gasteiger partial charge in [0.2, 0.25) is 0 Å². The predicted molar refractivity (Wildman–Crippen MR) is 85.0 cm³/mol. The summed E-state index contributed by atoms with van der Waals surface area (Å²) < 4.78 is 5.40. The lowest BCUT2D eigenvalue weighted by Gasteiger charge is -2.07. The average molecular weight is 287 g/mol. The van der Waals surface area contributed by atoms with Gasteiger partial charge in [0.15, 0.2) is 0 Å². The van der Waals surface area contributed by atoms with Gasteiger partial charge < -0.3 is 10.1 Å². The van der Waals surface area contributed by atoms with Gasteiger partial charge in [-0.15, -0.1) is 11.3 Å². The zero-order chi connectivity index (χ0) is 13.6. The van der Waals surface area contributed by atoms with Crippen LogP contribution in [0.1, 0.15) is 17.7 Å². The van der Waals surface area contributed by atoms with Crippen molar-refractivity contribution in [2.75, 3.05) is 19.8 Å². The van der Waals surface area contributed by atoms with Crippen molar-refractivity contribution in [2.45, 2.75) is 19.4 Å². The van der Waals surface area contributed by atoms with Crippen LogP contribution in [-0.2, 0) is 11.3 Å². The number of thiophene rings is 1. The summed E-state index contributed by atoms with van der Waals surface area (Å²) in [4.78, 5) is 1.41. The van der Waals surface area contributed by atoms with Crippen molar-refractivity contribution < 1.29 is 4.74 Å². The van der Waals surface area contributed by atoms with E-state index < -0.39 is 0 Å². The molecule has 1 aromatic carbocycles. The maximum absolute atomic E-state index is 5.40. The van der Waals surface area contributed by atoms with Gasteiger partial charge in [-0.25, -0.2) is 0 Å². The summed E-state index contributed by atoms with van der Waals surface area (Å²) in [5.41, 5.74) is 2.63. The Hall–Kier alpha value is -1.16. The number of hydrogen-bond donors (Lipinski definition) is 1. The molecule has 1 unspecified atom stereocenters. The lowest BCUT2D eigenvalue weighted by atomic mass is 10.1. The average Bonchev–Trinajstić information content (AvgIpc) is 3.16. The zero-order valence-corrected chi connectivity index (χ0v) is 12.5. The molecule has 0 amide bonds. The Balaban J connectivity index is 1.45. The van der Waals surface area contributed by atoms with Gasteiger partial charge in [-0.2, -0.15) is 0 Å². The van der Waals surface area contributed by atoms with E-state index in [0.717, 1.165) is 32.2 Å². The summed E-state index contributed by atoms with van der Waals surface area (Å²) in [6.07, 6.45) is 2.47. The fourth-order valence-electron chi connectivity index (χ4n) is 2.58. The molecule has 0 radical (unpaired) electrons. The number of ether oxygens (including phenoxy) is 1. The highest BCUT2D eigenvalue weighted by molar-refractivity contribution is 7.10. The Morgan fingerprint density at radius 3 is 2.90 bits per heavy atom. The molecule has 1 aliphatic rings. The standard InChI is InChI=1S/C17H21NOS/c1-2-4-15(5-3-1)16-10-17(20-13-16)11-18-8-6-14-7-9-19-12-14/h1-5,10,13-14,18H,6-9,11-12H2. The summed E-state index contributed by atoms with van der Waals surface area (Å²) in [6, 6.07) is 12.9. The highest BCUT2D eigenvalue weighted by Crippen LogP contribution is 2.25. The Morgan fingerprint density at radius 2 is 2.10 bits per heavy atom. The number of rotatable bonds is 6. The number of benzene rings is 1. The SMILES string of the molecule is c1ccc(-c2csc(CNCCC3CCOC3)c2)cc1. The van der Waals surface area contributed by atoms with Gasteiger partial charge in [-0.3, -0.25) is 0 Å². The molecular weight excluding hydrogens is 266 g/mol. The molecule has 0 saturated carbocycles. The molecule has 0 bridgehead atoms. The quantitative estimate of drug-likeness (QED) is 0.813. The topological polar surface area (TPSA) is 21.3 Å². The van der Waals surface area contributed by atoms with Crippen LogP contribution in [0.4, 0.5) is 0 Å². The molecule has 2 heterocycles. The van der Waals surface area contributed by atoms with Crippen LogP contribution in [0, 0.1) is 5.92 Å². The van der Waals surface area contributed by atoms with E-state index in [-0.39, 0.29) is 0 Å². The molecule has 0 spiro atoms. The second-order valence-electron chi connectivity index (χ2n) is 5.36. The van der Waals surface area contributed by atoms with E-state index in [0.29, 0.717) is 0 Å². The zero-order valence-electron chi connectivity index (χ0n) is 11.7. The van der Waals surface area contributed by atoms with Crippen LogP contribution < -0.4 is 5.32 Å². The maximum atomic E-state index is 5.40. The summed E-state index contributed by atoms with van der Waals surface area (Å²) >= 11 is 1.84. The smallest absolute Gasteiger partial charge is 0.0495 e. The first-order valence-electron chi connectivity index (χ1n) is 7.33. The third kappa shape index (κ3) is 3.69. The Morgan fingerprint density at radius 1 is 1.20 bits per heavy atom. The first kappa shape index (κ1) is 13.8. The summed E-state index contributed by atoms with van der Waals surface area (Å²) in [7, 11) is 0. The van der Waals surface area contributed by atoms with Gasteiger partial charge in [-0.1, -0.05) is 30.3 Å². The van der Waals surface area contributed by atoms with Gasteiger partial charge in [0.05, 0.1) is 0 Å². The minimum absolute atomic E-state index is 0.769. The fourth-order valence-corrected chi connectivity index (χ4v) is 3.45. The summed E-state index contributed by atoms with van der Waals surface area (Å²) in [5, 5.41) is 5.80. The molecule has 1 atom stereocenters. The van der Waals surface area contributed by atoms with Gasteiger partial charge in [0, 0.05) is 24.6 Å². The molecule has 1 aromatic heterocycles. The molecule has 1 saturated heterocycles. The van der Waals surface area contributed by atoms with Crippen LogP contribution in [0.25, 0.3) is 11.1 Å². The third-order valence-corrected chi connectivity index (χ3v) is 4.75. The van der Waals surface area contributed by atoms with Crippen LogP contribution in [0.5, 0.6) is 0 Å². The van der Waals surface area contributed by atoms with Crippen LogP contribution in [-0.4, -0.2) is 19.8 Å². The van der Waals surface area contributed by atoms with Crippen molar-refractivity contribution in [3.8, 4) is 11.1 Å². The molecule has 1 N–H and O–H groups in total. The van der Waals surface area contributed by atoms with Crippen LogP contribution in [0.2, 0.25) is 0 Å². The van der Waals surface area contributed by atoms with Crippen molar-refractivity contribution in [3.05, 3.63) is 46.7 Å². The minimum Gasteiger partial charge on any atom is -0.381 e. The lowest BCUT2D eigenvalue weighted by Crippen LogP contribution is -2.17. The maximum Gasteiger partial charge on any atom is 0.0495 e. The van der Waals surface area contributed by atoms with Crippen molar-refractivity contribution >= 4 is 11.3 Å². The van der Waals surface area contributed by atoms with Gasteiger partial charge in [0.1, 0.15) is 0 Å². The van der Waals surface area contributed by atoms with E-state index >= 15 is 0 Å². The molecule has 1 aliphatic heterocycles. The van der Waals surface area contributed by atoms with Crippen LogP contribution in [0.3, 0.4) is 0 Å². The fraction of sp³-hybridized carbons (Fsp3) is 0.412. The van der Waals surface area contributed by atoms with Gasteiger partial charge in [-0.05, 0) is 47.9 Å². The molecule has 0 aliphatic carbocycles. The predicted octanol–water partition coefficient (Wildman–Crippen LogP) is 3.93. The van der Waals surface area contributed by atoms with E-state index in [4.69, 9.17) is 4.74 Å². The Kier molecular flexibility index (Phi) is 4.85. The van der Waals surface area contributed by atoms with Crippen molar-refractivity contribution in [2.24, 2.45) is 5.92 Å². The molecule has 2 aromatic rings. The molecule has 20 heavy (non-hydrogen) atoms. The second kappa shape index (κ2) is 7.02. The van der Waals surface area contributed by atoms with Gasteiger partial charge in [0.25, 0.3) is 0 Å². The first-order valence-corrected chi connectivity index (χ1v) is 8.21. The normalized spacial score (nSPS) is 18.5. The van der Waals surface area contributed by atoms with E-state index in [1.807, 2.05) is 11.3 Å². The third-order valence-electron chi connectivity index (χ3n) is 3.81. The molecule has 2 nitrogen and oxygen atoms in total. The second-order valence-corrected chi connectivity index (χ2v) is 6.36. The van der Waals surface area contributed by atoms with E-state index in [1.54, 1.807) is 0 Å². The van der Waals surface area contributed by atoms with E-state index in [2.05, 4.69) is 47.1 Å². The minimum atomic E-state index is 0.769. The monoisotopic (exact) mass is 287 g/mol. The van der Waals surface area contributed by atoms with E-state index in [9.17, 15) is 0 Å². The largest absolute Gasteiger partial charge is 0.381 e. The van der Waals surface area contributed by atoms with Crippen molar-refractivity contribution in [1.29, 1.82) is 0 Å². The number of nitrogens with one attached hydrogen (secondary N) is 1. The lowest BCUT2D eigenvalue weighted by molar-refractivity contribution is 0.184. The molecular formula is C17H21NOS. The molecule has 3 rings (SSSR count). The molecule has 106 valence electrons. The number of hydrogen-bond acceptors (Lipinski definition) is 3. The summed E-state index contributed by atoms with van der Waals surface area (Å²) in [6.45, 7) is 3.98. The first-order chi connectivity index (χ1) is 9.92. The van der Waals surface area contributed by atoms with Crippen LogP contribution >= 0.6 is 11.3 Å². The van der Waals surface area contributed by atoms with Crippen LogP contribution in [0.15, 0.2) is 41.8 Å². The van der Waals surface area contributed by atoms with E-state index in [1.165, 1.54) is 28.8 Å². The highest BCUT2D eigenvalue weighted by Gasteiger charge is 2.14. The summed E-state index contributed by atoms with van der Waals surface area (Å²) in [5.74, 6) is 0.769. The van der Waals surface area contributed by atoms with Gasteiger partial charge >= 0.3 is 0 Å². The van der Waals surface area contributed by atoms with Crippen molar-refractivity contribution in [3.63, 3.8) is 0 Å². The molecule has 1 fully saturated rings. The Labute approximate surface area is 124 Å². The Bertz CT molecular complexity index is 517. The molecule has 3 heteroatoms. The van der Waals surface area contributed by atoms with Crippen molar-refractivity contribution in [1.82, 2.24) is 5.32 Å². The highest BCUT2D eigenvalue weighted by atomic mass is 32.1.